The van der Waals surface area contributed by atoms with E-state index in [9.17, 15) is 12.8 Å². The molecule has 3 aromatic rings. The van der Waals surface area contributed by atoms with Crippen molar-refractivity contribution in [2.75, 3.05) is 4.72 Å². The zero-order valence-corrected chi connectivity index (χ0v) is 14.8. The monoisotopic (exact) mass is 376 g/mol. The van der Waals surface area contributed by atoms with Crippen molar-refractivity contribution in [1.29, 1.82) is 0 Å². The van der Waals surface area contributed by atoms with Crippen molar-refractivity contribution in [3.8, 4) is 11.1 Å². The van der Waals surface area contributed by atoms with Crippen molar-refractivity contribution < 1.29 is 12.8 Å². The fourth-order valence-corrected chi connectivity index (χ4v) is 3.89. The van der Waals surface area contributed by atoms with Crippen LogP contribution in [0.5, 0.6) is 0 Å². The summed E-state index contributed by atoms with van der Waals surface area (Å²) in [6, 6.07) is 14.1. The molecule has 0 aliphatic rings. The van der Waals surface area contributed by atoms with Gasteiger partial charge in [0, 0.05) is 22.3 Å². The van der Waals surface area contributed by atoms with Crippen LogP contribution in [0.15, 0.2) is 65.7 Å². The third kappa shape index (κ3) is 3.65. The number of aromatic nitrogens is 1. The second-order valence-corrected chi connectivity index (χ2v) is 7.44. The third-order valence-corrected chi connectivity index (χ3v) is 5.60. The largest absolute Gasteiger partial charge is 0.263 e. The molecular formula is C18H14ClFN2O2S. The molecule has 1 heterocycles. The van der Waals surface area contributed by atoms with E-state index >= 15 is 0 Å². The normalized spacial score (nSPS) is 11.3. The molecule has 1 N–H and O–H groups in total. The van der Waals surface area contributed by atoms with Crippen LogP contribution in [-0.2, 0) is 10.0 Å². The molecule has 25 heavy (non-hydrogen) atoms. The molecule has 0 unspecified atom stereocenters. The van der Waals surface area contributed by atoms with Crippen LogP contribution in [0.3, 0.4) is 0 Å². The minimum Gasteiger partial charge on any atom is -0.263 e. The van der Waals surface area contributed by atoms with E-state index in [1.807, 2.05) is 0 Å². The van der Waals surface area contributed by atoms with E-state index in [0.717, 1.165) is 0 Å². The molecule has 0 fully saturated rings. The SMILES string of the molecule is Cc1c(Cl)cccc1S(=O)(=O)Nc1ccc(-c2ccccc2F)cn1. The predicted octanol–water partition coefficient (Wildman–Crippen LogP) is 4.65. The Morgan fingerprint density at radius 1 is 1.04 bits per heavy atom. The fourth-order valence-electron chi connectivity index (χ4n) is 2.38. The standard InChI is InChI=1S/C18H14ClFN2O2S/c1-12-15(19)6-4-8-17(12)25(23,24)22-18-10-9-13(11-21-18)14-5-2-3-7-16(14)20/h2-11H,1H3,(H,21,22). The zero-order valence-electron chi connectivity index (χ0n) is 13.2. The molecule has 4 nitrogen and oxygen atoms in total. The average molecular weight is 377 g/mol. The Labute approximate surface area is 150 Å². The number of halogens is 2. The number of pyridine rings is 1. The van der Waals surface area contributed by atoms with Gasteiger partial charge in [0.25, 0.3) is 10.0 Å². The zero-order chi connectivity index (χ0) is 18.0. The first-order chi connectivity index (χ1) is 11.9. The van der Waals surface area contributed by atoms with Gasteiger partial charge >= 0.3 is 0 Å². The molecule has 1 aromatic heterocycles. The van der Waals surface area contributed by atoms with Gasteiger partial charge in [-0.25, -0.2) is 17.8 Å². The highest BCUT2D eigenvalue weighted by molar-refractivity contribution is 7.92. The van der Waals surface area contributed by atoms with Crippen molar-refractivity contribution in [1.82, 2.24) is 4.98 Å². The minimum absolute atomic E-state index is 0.0833. The number of nitrogens with zero attached hydrogens (tertiary/aromatic N) is 1. The molecule has 0 atom stereocenters. The lowest BCUT2D eigenvalue weighted by Gasteiger charge is -2.11. The molecule has 128 valence electrons. The van der Waals surface area contributed by atoms with E-state index in [1.165, 1.54) is 24.4 Å². The van der Waals surface area contributed by atoms with Crippen molar-refractivity contribution in [2.45, 2.75) is 11.8 Å². The fraction of sp³-hybridized carbons (Fsp3) is 0.0556. The van der Waals surface area contributed by atoms with Crippen LogP contribution >= 0.6 is 11.6 Å². The third-order valence-electron chi connectivity index (χ3n) is 3.69. The van der Waals surface area contributed by atoms with Crippen molar-refractivity contribution in [2.24, 2.45) is 0 Å². The topological polar surface area (TPSA) is 59.1 Å². The Hall–Kier alpha value is -2.44. The summed E-state index contributed by atoms with van der Waals surface area (Å²) in [5.74, 6) is -0.230. The van der Waals surface area contributed by atoms with Crippen LogP contribution < -0.4 is 4.72 Å². The number of benzene rings is 2. The molecule has 0 radical (unpaired) electrons. The maximum Gasteiger partial charge on any atom is 0.263 e. The summed E-state index contributed by atoms with van der Waals surface area (Å²) in [4.78, 5) is 4.15. The summed E-state index contributed by atoms with van der Waals surface area (Å²) >= 11 is 5.98. The van der Waals surface area contributed by atoms with E-state index < -0.39 is 10.0 Å². The summed E-state index contributed by atoms with van der Waals surface area (Å²) < 4.78 is 41.2. The molecular weight excluding hydrogens is 363 g/mol. The summed E-state index contributed by atoms with van der Waals surface area (Å²) in [6.45, 7) is 1.63. The van der Waals surface area contributed by atoms with Crippen LogP contribution in [0.2, 0.25) is 5.02 Å². The number of sulfonamides is 1. The van der Waals surface area contributed by atoms with Gasteiger partial charge in [-0.2, -0.15) is 0 Å². The average Bonchev–Trinajstić information content (AvgIpc) is 2.58. The number of rotatable bonds is 4. The van der Waals surface area contributed by atoms with Crippen LogP contribution in [-0.4, -0.2) is 13.4 Å². The van der Waals surface area contributed by atoms with Crippen LogP contribution in [0.4, 0.5) is 10.2 Å². The van der Waals surface area contributed by atoms with Gasteiger partial charge in [0.2, 0.25) is 0 Å². The predicted molar refractivity (Wildman–Crippen MR) is 96.6 cm³/mol. The van der Waals surface area contributed by atoms with Gasteiger partial charge < -0.3 is 0 Å². The highest BCUT2D eigenvalue weighted by atomic mass is 35.5. The summed E-state index contributed by atoms with van der Waals surface area (Å²) in [5.41, 5.74) is 1.41. The molecule has 3 rings (SSSR count). The molecule has 0 aliphatic heterocycles. The lowest BCUT2D eigenvalue weighted by atomic mass is 10.1. The van der Waals surface area contributed by atoms with Gasteiger partial charge in [-0.15, -0.1) is 0 Å². The number of hydrogen-bond donors (Lipinski definition) is 1. The van der Waals surface area contributed by atoms with Crippen LogP contribution in [0, 0.1) is 12.7 Å². The first-order valence-electron chi connectivity index (χ1n) is 7.37. The first-order valence-corrected chi connectivity index (χ1v) is 9.23. The number of hydrogen-bond acceptors (Lipinski definition) is 3. The smallest absolute Gasteiger partial charge is 0.263 e. The van der Waals surface area contributed by atoms with Gasteiger partial charge in [-0.1, -0.05) is 35.9 Å². The Bertz CT molecular complexity index is 1020. The Kier molecular flexibility index (Phi) is 4.74. The molecule has 0 spiro atoms. The van der Waals surface area contributed by atoms with Crippen molar-refractivity contribution >= 4 is 27.4 Å². The minimum atomic E-state index is -3.82. The van der Waals surface area contributed by atoms with Crippen molar-refractivity contribution in [3.63, 3.8) is 0 Å². The summed E-state index contributed by atoms with van der Waals surface area (Å²) in [6.07, 6.45) is 1.42. The molecule has 2 aromatic carbocycles. The lowest BCUT2D eigenvalue weighted by Crippen LogP contribution is -2.15. The molecule has 0 saturated carbocycles. The van der Waals surface area contributed by atoms with Gasteiger partial charge in [0.1, 0.15) is 11.6 Å². The Morgan fingerprint density at radius 3 is 2.48 bits per heavy atom. The van der Waals surface area contributed by atoms with E-state index in [4.69, 9.17) is 11.6 Å². The lowest BCUT2D eigenvalue weighted by molar-refractivity contribution is 0.600. The first kappa shape index (κ1) is 17.4. The molecule has 0 aliphatic carbocycles. The molecule has 0 amide bonds. The van der Waals surface area contributed by atoms with E-state index in [1.54, 1.807) is 43.3 Å². The van der Waals surface area contributed by atoms with Gasteiger partial charge in [-0.3, -0.25) is 4.72 Å². The molecule has 7 heteroatoms. The highest BCUT2D eigenvalue weighted by Gasteiger charge is 2.18. The van der Waals surface area contributed by atoms with E-state index in [2.05, 4.69) is 9.71 Å². The van der Waals surface area contributed by atoms with Gasteiger partial charge in [0.05, 0.1) is 4.90 Å². The second kappa shape index (κ2) is 6.82. The molecule has 0 bridgehead atoms. The Morgan fingerprint density at radius 2 is 1.80 bits per heavy atom. The van der Waals surface area contributed by atoms with Crippen molar-refractivity contribution in [3.05, 3.63) is 77.2 Å². The van der Waals surface area contributed by atoms with E-state index in [-0.39, 0.29) is 16.5 Å². The van der Waals surface area contributed by atoms with Crippen LogP contribution in [0.1, 0.15) is 5.56 Å². The van der Waals surface area contributed by atoms with Gasteiger partial charge in [0.15, 0.2) is 0 Å². The summed E-state index contributed by atoms with van der Waals surface area (Å²) in [5, 5.41) is 0.366. The summed E-state index contributed by atoms with van der Waals surface area (Å²) in [7, 11) is -3.82. The molecule has 0 saturated heterocycles. The maximum absolute atomic E-state index is 13.8. The maximum atomic E-state index is 13.8. The second-order valence-electron chi connectivity index (χ2n) is 5.38. The van der Waals surface area contributed by atoms with E-state index in [0.29, 0.717) is 21.7 Å². The number of anilines is 1. The van der Waals surface area contributed by atoms with Gasteiger partial charge in [-0.05, 0) is 42.8 Å². The highest BCUT2D eigenvalue weighted by Crippen LogP contribution is 2.26. The Balaban J connectivity index is 1.89. The van der Waals surface area contributed by atoms with Crippen LogP contribution in [0.25, 0.3) is 11.1 Å². The number of nitrogens with one attached hydrogen (secondary N) is 1. The quantitative estimate of drug-likeness (QED) is 0.721.